The van der Waals surface area contributed by atoms with E-state index < -0.39 is 6.04 Å². The summed E-state index contributed by atoms with van der Waals surface area (Å²) in [5, 5.41) is 3.66. The van der Waals surface area contributed by atoms with Crippen LogP contribution in [0.1, 0.15) is 22.8 Å². The van der Waals surface area contributed by atoms with Crippen molar-refractivity contribution in [3.8, 4) is 0 Å². The molecule has 0 spiro atoms. The number of benzene rings is 1. The van der Waals surface area contributed by atoms with Crippen LogP contribution in [0.25, 0.3) is 0 Å². The summed E-state index contributed by atoms with van der Waals surface area (Å²) in [6, 6.07) is 4.58. The Bertz CT molecular complexity index is 548. The number of carbonyl (C=O) groups excluding carboxylic acids is 2. The van der Waals surface area contributed by atoms with Crippen LogP contribution in [-0.2, 0) is 9.53 Å². The minimum absolute atomic E-state index is 0.198. The summed E-state index contributed by atoms with van der Waals surface area (Å²) in [5.74, 6) is -0.576. The molecule has 2 rings (SSSR count). The smallest absolute Gasteiger partial charge is 0.330 e. The van der Waals surface area contributed by atoms with E-state index in [-0.39, 0.29) is 11.9 Å². The molecule has 114 valence electrons. The first-order valence-corrected chi connectivity index (χ1v) is 7.37. The first kappa shape index (κ1) is 15.8. The quantitative estimate of drug-likeness (QED) is 0.862. The summed E-state index contributed by atoms with van der Waals surface area (Å²) in [4.78, 5) is 26.1. The van der Waals surface area contributed by atoms with Crippen LogP contribution in [0.15, 0.2) is 18.2 Å². The second-order valence-electron chi connectivity index (χ2n) is 4.93. The fourth-order valence-electron chi connectivity index (χ4n) is 2.29. The van der Waals surface area contributed by atoms with Gasteiger partial charge in [-0.2, -0.15) is 0 Å². The third-order valence-electron chi connectivity index (χ3n) is 3.48. The zero-order valence-corrected chi connectivity index (χ0v) is 12.9. The van der Waals surface area contributed by atoms with Gasteiger partial charge < -0.3 is 15.0 Å². The van der Waals surface area contributed by atoms with Crippen LogP contribution in [0.5, 0.6) is 0 Å². The van der Waals surface area contributed by atoms with Gasteiger partial charge in [-0.05, 0) is 31.5 Å². The van der Waals surface area contributed by atoms with Crippen LogP contribution < -0.4 is 5.32 Å². The lowest BCUT2D eigenvalue weighted by atomic mass is 10.1. The molecule has 0 radical (unpaired) electrons. The van der Waals surface area contributed by atoms with Gasteiger partial charge in [0.15, 0.2) is 0 Å². The van der Waals surface area contributed by atoms with Crippen molar-refractivity contribution >= 4 is 23.5 Å². The lowest BCUT2D eigenvalue weighted by Gasteiger charge is -2.34. The molecule has 1 saturated heterocycles. The summed E-state index contributed by atoms with van der Waals surface area (Å²) in [5.41, 5.74) is 1.40. The highest BCUT2D eigenvalue weighted by Gasteiger charge is 2.33. The number of aryl methyl sites for hydroxylation is 1. The predicted molar refractivity (Wildman–Crippen MR) is 80.5 cm³/mol. The molecule has 1 amide bonds. The van der Waals surface area contributed by atoms with Gasteiger partial charge in [-0.25, -0.2) is 4.79 Å². The van der Waals surface area contributed by atoms with E-state index in [0.29, 0.717) is 36.8 Å². The Hall–Kier alpha value is -1.59. The minimum Gasteiger partial charge on any atom is -0.464 e. The number of hydrogen-bond acceptors (Lipinski definition) is 4. The summed E-state index contributed by atoms with van der Waals surface area (Å²) in [7, 11) is 0. The van der Waals surface area contributed by atoms with Crippen molar-refractivity contribution in [2.24, 2.45) is 0 Å². The maximum absolute atomic E-state index is 12.6. The van der Waals surface area contributed by atoms with Gasteiger partial charge in [-0.15, -0.1) is 0 Å². The SMILES string of the molecule is CCOC(=O)C1CNCCN1C(=O)c1ccc(C)c(Cl)c1. The van der Waals surface area contributed by atoms with Crippen LogP contribution in [0.4, 0.5) is 0 Å². The third-order valence-corrected chi connectivity index (χ3v) is 3.89. The van der Waals surface area contributed by atoms with Gasteiger partial charge in [0.05, 0.1) is 6.61 Å². The molecule has 1 aromatic carbocycles. The van der Waals surface area contributed by atoms with Crippen molar-refractivity contribution in [1.82, 2.24) is 10.2 Å². The standard InChI is InChI=1S/C15H19ClN2O3/c1-3-21-15(20)13-9-17-6-7-18(13)14(19)11-5-4-10(2)12(16)8-11/h4-5,8,13,17H,3,6-7,9H2,1-2H3. The molecule has 5 nitrogen and oxygen atoms in total. The zero-order valence-electron chi connectivity index (χ0n) is 12.2. The molecule has 6 heteroatoms. The molecule has 1 N–H and O–H groups in total. The van der Waals surface area contributed by atoms with Crippen molar-refractivity contribution < 1.29 is 14.3 Å². The van der Waals surface area contributed by atoms with E-state index in [1.165, 1.54) is 0 Å². The summed E-state index contributed by atoms with van der Waals surface area (Å²) < 4.78 is 5.04. The normalized spacial score (nSPS) is 18.4. The van der Waals surface area contributed by atoms with E-state index in [2.05, 4.69) is 5.32 Å². The second kappa shape index (κ2) is 6.91. The first-order chi connectivity index (χ1) is 10.0. The van der Waals surface area contributed by atoms with Gasteiger partial charge >= 0.3 is 5.97 Å². The van der Waals surface area contributed by atoms with E-state index in [4.69, 9.17) is 16.3 Å². The maximum Gasteiger partial charge on any atom is 0.330 e. The fraction of sp³-hybridized carbons (Fsp3) is 0.467. The van der Waals surface area contributed by atoms with Gasteiger partial charge in [0.2, 0.25) is 0 Å². The van der Waals surface area contributed by atoms with Gasteiger partial charge in [-0.1, -0.05) is 17.7 Å². The van der Waals surface area contributed by atoms with E-state index in [9.17, 15) is 9.59 Å². The number of amides is 1. The number of carbonyl (C=O) groups is 2. The number of hydrogen-bond donors (Lipinski definition) is 1. The monoisotopic (exact) mass is 310 g/mol. The molecule has 0 aliphatic carbocycles. The lowest BCUT2D eigenvalue weighted by Crippen LogP contribution is -2.57. The van der Waals surface area contributed by atoms with Crippen molar-refractivity contribution in [3.63, 3.8) is 0 Å². The van der Waals surface area contributed by atoms with Crippen LogP contribution in [-0.4, -0.2) is 49.1 Å². The van der Waals surface area contributed by atoms with Crippen LogP contribution in [0, 0.1) is 6.92 Å². The Morgan fingerprint density at radius 2 is 2.24 bits per heavy atom. The van der Waals surface area contributed by atoms with Gasteiger partial charge in [-0.3, -0.25) is 4.79 Å². The Kier molecular flexibility index (Phi) is 5.20. The number of nitrogens with zero attached hydrogens (tertiary/aromatic N) is 1. The molecule has 1 fully saturated rings. The number of esters is 1. The Balaban J connectivity index is 2.21. The van der Waals surface area contributed by atoms with Crippen molar-refractivity contribution in [2.45, 2.75) is 19.9 Å². The lowest BCUT2D eigenvalue weighted by molar-refractivity contribution is -0.149. The van der Waals surface area contributed by atoms with Crippen molar-refractivity contribution in [2.75, 3.05) is 26.2 Å². The maximum atomic E-state index is 12.6. The first-order valence-electron chi connectivity index (χ1n) is 6.99. The minimum atomic E-state index is -0.591. The molecule has 1 aliphatic rings. The Morgan fingerprint density at radius 1 is 1.48 bits per heavy atom. The molecule has 0 aromatic heterocycles. The molecule has 1 aromatic rings. The average Bonchev–Trinajstić information content (AvgIpc) is 2.49. The van der Waals surface area contributed by atoms with Crippen molar-refractivity contribution in [1.29, 1.82) is 0 Å². The van der Waals surface area contributed by atoms with E-state index in [0.717, 1.165) is 5.56 Å². The van der Waals surface area contributed by atoms with E-state index in [1.54, 1.807) is 30.0 Å². The second-order valence-corrected chi connectivity index (χ2v) is 5.34. The molecule has 1 aliphatic heterocycles. The Labute approximate surface area is 129 Å². The number of halogens is 1. The topological polar surface area (TPSA) is 58.6 Å². The summed E-state index contributed by atoms with van der Waals surface area (Å²) >= 11 is 6.07. The molecule has 1 atom stereocenters. The fourth-order valence-corrected chi connectivity index (χ4v) is 2.47. The number of nitrogens with one attached hydrogen (secondary N) is 1. The molecule has 1 heterocycles. The van der Waals surface area contributed by atoms with Crippen molar-refractivity contribution in [3.05, 3.63) is 34.3 Å². The van der Waals surface area contributed by atoms with Gasteiger partial charge in [0.25, 0.3) is 5.91 Å². The van der Waals surface area contributed by atoms with Crippen LogP contribution in [0.3, 0.4) is 0 Å². The number of ether oxygens (including phenoxy) is 1. The molecular formula is C15H19ClN2O3. The predicted octanol–water partition coefficient (Wildman–Crippen LogP) is 1.63. The molecule has 0 bridgehead atoms. The summed E-state index contributed by atoms with van der Waals surface area (Å²) in [6.07, 6.45) is 0. The van der Waals surface area contributed by atoms with Gasteiger partial charge in [0, 0.05) is 30.2 Å². The molecule has 1 unspecified atom stereocenters. The van der Waals surface area contributed by atoms with E-state index in [1.807, 2.05) is 6.92 Å². The number of piperazine rings is 1. The van der Waals surface area contributed by atoms with Crippen LogP contribution >= 0.6 is 11.6 Å². The highest BCUT2D eigenvalue weighted by molar-refractivity contribution is 6.31. The Morgan fingerprint density at radius 3 is 2.90 bits per heavy atom. The molecular weight excluding hydrogens is 292 g/mol. The largest absolute Gasteiger partial charge is 0.464 e. The van der Waals surface area contributed by atoms with E-state index >= 15 is 0 Å². The average molecular weight is 311 g/mol. The highest BCUT2D eigenvalue weighted by atomic mass is 35.5. The molecule has 0 saturated carbocycles. The third kappa shape index (κ3) is 3.54. The molecule has 21 heavy (non-hydrogen) atoms. The summed E-state index contributed by atoms with van der Waals surface area (Å²) in [6.45, 7) is 5.45. The van der Waals surface area contributed by atoms with Crippen LogP contribution in [0.2, 0.25) is 5.02 Å². The highest BCUT2D eigenvalue weighted by Crippen LogP contribution is 2.19. The van der Waals surface area contributed by atoms with Gasteiger partial charge in [0.1, 0.15) is 6.04 Å². The number of rotatable bonds is 3. The zero-order chi connectivity index (χ0) is 15.4.